The zero-order chi connectivity index (χ0) is 13.2. The molecule has 2 unspecified atom stereocenters. The van der Waals surface area contributed by atoms with E-state index in [4.69, 9.17) is 4.74 Å². The summed E-state index contributed by atoms with van der Waals surface area (Å²) in [5.41, 5.74) is 0.829. The summed E-state index contributed by atoms with van der Waals surface area (Å²) in [5, 5.41) is 0. The average molecular weight is 256 g/mol. The number of benzene rings is 1. The average Bonchev–Trinajstić information content (AvgIpc) is 2.40. The second-order valence-corrected chi connectivity index (χ2v) is 4.85. The predicted octanol–water partition coefficient (Wildman–Crippen LogP) is 3.87. The summed E-state index contributed by atoms with van der Waals surface area (Å²) in [6, 6.07) is 6.20. The van der Waals surface area contributed by atoms with Crippen LogP contribution in [0.15, 0.2) is 24.3 Å². The molecule has 100 valence electrons. The summed E-state index contributed by atoms with van der Waals surface area (Å²) in [5.74, 6) is 0.582. The van der Waals surface area contributed by atoms with E-state index >= 15 is 0 Å². The van der Waals surface area contributed by atoms with Crippen LogP contribution < -0.4 is 0 Å². The summed E-state index contributed by atoms with van der Waals surface area (Å²) in [6.45, 7) is 2.89. The van der Waals surface area contributed by atoms with Crippen molar-refractivity contribution in [1.82, 2.24) is 0 Å². The molecule has 0 aliphatic carbocycles. The van der Waals surface area contributed by atoms with Gasteiger partial charge in [0, 0.05) is 13.7 Å². The first-order chi connectivity index (χ1) is 8.53. The fraction of sp³-hybridized carbons (Fsp3) is 0.571. The van der Waals surface area contributed by atoms with Crippen LogP contribution in [0.4, 0.5) is 8.78 Å². The van der Waals surface area contributed by atoms with Gasteiger partial charge < -0.3 is 9.47 Å². The van der Waals surface area contributed by atoms with Gasteiger partial charge >= 0.3 is 6.11 Å². The standard InChI is InChI=1S/C14H18F2O2/c1-10-3-8-13(18-9-10)11-4-6-12(7-5-11)14(15,16)17-2/h4-7,10,13H,3,8-9H2,1-2H3. The molecule has 0 N–H and O–H groups in total. The van der Waals surface area contributed by atoms with Gasteiger partial charge in [-0.3, -0.25) is 0 Å². The van der Waals surface area contributed by atoms with E-state index in [1.165, 1.54) is 12.1 Å². The molecule has 1 saturated heterocycles. The number of alkyl halides is 2. The number of ether oxygens (including phenoxy) is 2. The first-order valence-electron chi connectivity index (χ1n) is 6.18. The quantitative estimate of drug-likeness (QED) is 0.817. The van der Waals surface area contributed by atoms with Gasteiger partial charge in [0.25, 0.3) is 0 Å². The molecule has 2 nitrogen and oxygen atoms in total. The number of halogens is 2. The van der Waals surface area contributed by atoms with E-state index in [1.54, 1.807) is 12.1 Å². The van der Waals surface area contributed by atoms with Crippen molar-refractivity contribution >= 4 is 0 Å². The molecule has 1 aromatic rings. The van der Waals surface area contributed by atoms with Gasteiger partial charge in [0.2, 0.25) is 0 Å². The number of hydrogen-bond acceptors (Lipinski definition) is 2. The molecular weight excluding hydrogens is 238 g/mol. The molecule has 1 aliphatic heterocycles. The van der Waals surface area contributed by atoms with Crippen LogP contribution in [-0.2, 0) is 15.6 Å². The fourth-order valence-electron chi connectivity index (χ4n) is 2.16. The minimum absolute atomic E-state index is 0.0337. The van der Waals surface area contributed by atoms with Gasteiger partial charge in [0.1, 0.15) is 0 Å². The van der Waals surface area contributed by atoms with Crippen molar-refractivity contribution in [2.75, 3.05) is 13.7 Å². The lowest BCUT2D eigenvalue weighted by Crippen LogP contribution is -2.19. The maximum absolute atomic E-state index is 13.3. The Hall–Kier alpha value is -1.00. The topological polar surface area (TPSA) is 18.5 Å². The van der Waals surface area contributed by atoms with Crippen molar-refractivity contribution in [1.29, 1.82) is 0 Å². The summed E-state index contributed by atoms with van der Waals surface area (Å²) in [6.07, 6.45) is -1.13. The predicted molar refractivity (Wildman–Crippen MR) is 64.4 cm³/mol. The second-order valence-electron chi connectivity index (χ2n) is 4.85. The highest BCUT2D eigenvalue weighted by molar-refractivity contribution is 5.26. The van der Waals surface area contributed by atoms with E-state index in [0.29, 0.717) is 5.92 Å². The van der Waals surface area contributed by atoms with E-state index in [2.05, 4.69) is 11.7 Å². The smallest absolute Gasteiger partial charge is 0.373 e. The van der Waals surface area contributed by atoms with Gasteiger partial charge in [-0.2, -0.15) is 8.78 Å². The monoisotopic (exact) mass is 256 g/mol. The molecule has 4 heteroatoms. The van der Waals surface area contributed by atoms with Gasteiger partial charge in [-0.1, -0.05) is 19.1 Å². The van der Waals surface area contributed by atoms with Crippen LogP contribution in [0.1, 0.15) is 37.0 Å². The zero-order valence-corrected chi connectivity index (χ0v) is 10.7. The van der Waals surface area contributed by atoms with Crippen molar-refractivity contribution in [3.8, 4) is 0 Å². The van der Waals surface area contributed by atoms with Crippen LogP contribution in [0.25, 0.3) is 0 Å². The van der Waals surface area contributed by atoms with Crippen LogP contribution in [0.5, 0.6) is 0 Å². The van der Waals surface area contributed by atoms with Crippen molar-refractivity contribution in [2.24, 2.45) is 5.92 Å². The van der Waals surface area contributed by atoms with Crippen molar-refractivity contribution < 1.29 is 18.3 Å². The van der Waals surface area contributed by atoms with E-state index in [1.807, 2.05) is 0 Å². The molecule has 1 aliphatic rings. The molecule has 2 atom stereocenters. The van der Waals surface area contributed by atoms with Gasteiger partial charge in [-0.25, -0.2) is 0 Å². The Labute approximate surface area is 106 Å². The Morgan fingerprint density at radius 2 is 1.89 bits per heavy atom. The minimum Gasteiger partial charge on any atom is -0.373 e. The molecule has 0 amide bonds. The van der Waals surface area contributed by atoms with Gasteiger partial charge in [0.05, 0.1) is 11.7 Å². The molecule has 0 radical (unpaired) electrons. The lowest BCUT2D eigenvalue weighted by Gasteiger charge is -2.27. The first kappa shape index (κ1) is 13.4. The summed E-state index contributed by atoms with van der Waals surface area (Å²) >= 11 is 0. The molecule has 0 bridgehead atoms. The summed E-state index contributed by atoms with van der Waals surface area (Å²) in [7, 11) is 1.000. The Kier molecular flexibility index (Phi) is 3.97. The Morgan fingerprint density at radius 3 is 2.39 bits per heavy atom. The maximum atomic E-state index is 13.3. The molecule has 0 spiro atoms. The van der Waals surface area contributed by atoms with Gasteiger partial charge in [-0.05, 0) is 36.5 Å². The molecule has 1 heterocycles. The number of rotatable bonds is 3. The lowest BCUT2D eigenvalue weighted by atomic mass is 9.95. The molecule has 2 rings (SSSR count). The molecule has 1 fully saturated rings. The summed E-state index contributed by atoms with van der Waals surface area (Å²) < 4.78 is 36.4. The molecular formula is C14H18F2O2. The van der Waals surface area contributed by atoms with E-state index in [-0.39, 0.29) is 11.7 Å². The van der Waals surface area contributed by atoms with E-state index < -0.39 is 6.11 Å². The van der Waals surface area contributed by atoms with Crippen molar-refractivity contribution in [3.05, 3.63) is 35.4 Å². The second kappa shape index (κ2) is 5.33. The summed E-state index contributed by atoms with van der Waals surface area (Å²) in [4.78, 5) is 0. The highest BCUT2D eigenvalue weighted by atomic mass is 19.3. The zero-order valence-electron chi connectivity index (χ0n) is 10.7. The third kappa shape index (κ3) is 2.87. The van der Waals surface area contributed by atoms with Crippen LogP contribution in [-0.4, -0.2) is 13.7 Å². The third-order valence-electron chi connectivity index (χ3n) is 3.38. The van der Waals surface area contributed by atoms with Crippen LogP contribution in [0, 0.1) is 5.92 Å². The molecule has 0 aromatic heterocycles. The fourth-order valence-corrected chi connectivity index (χ4v) is 2.16. The van der Waals surface area contributed by atoms with Gasteiger partial charge in [0.15, 0.2) is 0 Å². The number of hydrogen-bond donors (Lipinski definition) is 0. The largest absolute Gasteiger partial charge is 0.383 e. The Bertz CT molecular complexity index is 381. The SMILES string of the molecule is COC(F)(F)c1ccc(C2CCC(C)CO2)cc1. The first-order valence-corrected chi connectivity index (χ1v) is 6.18. The highest BCUT2D eigenvalue weighted by Crippen LogP contribution is 2.33. The maximum Gasteiger partial charge on any atom is 0.383 e. The van der Waals surface area contributed by atoms with Crippen LogP contribution in [0.2, 0.25) is 0 Å². The van der Waals surface area contributed by atoms with Gasteiger partial charge in [-0.15, -0.1) is 0 Å². The van der Waals surface area contributed by atoms with E-state index in [0.717, 1.165) is 32.1 Å². The third-order valence-corrected chi connectivity index (χ3v) is 3.38. The van der Waals surface area contributed by atoms with Crippen LogP contribution in [0.3, 0.4) is 0 Å². The Balaban J connectivity index is 2.08. The Morgan fingerprint density at radius 1 is 1.22 bits per heavy atom. The normalized spacial score (nSPS) is 25.1. The minimum atomic E-state index is -3.22. The highest BCUT2D eigenvalue weighted by Gasteiger charge is 2.31. The lowest BCUT2D eigenvalue weighted by molar-refractivity contribution is -0.231. The molecule has 0 saturated carbocycles. The van der Waals surface area contributed by atoms with Crippen LogP contribution >= 0.6 is 0 Å². The molecule has 18 heavy (non-hydrogen) atoms. The molecule has 1 aromatic carbocycles. The van der Waals surface area contributed by atoms with Crippen molar-refractivity contribution in [2.45, 2.75) is 32.0 Å². The van der Waals surface area contributed by atoms with Crippen molar-refractivity contribution in [3.63, 3.8) is 0 Å². The van der Waals surface area contributed by atoms with E-state index in [9.17, 15) is 8.78 Å². The number of methoxy groups -OCH3 is 1.